The zero-order chi connectivity index (χ0) is 16.8. The lowest BCUT2D eigenvalue weighted by Crippen LogP contribution is -2.32. The van der Waals surface area contributed by atoms with Crippen molar-refractivity contribution in [2.75, 3.05) is 18.5 Å². The molecule has 23 heavy (non-hydrogen) atoms. The summed E-state index contributed by atoms with van der Waals surface area (Å²) < 4.78 is 5.67. The Morgan fingerprint density at radius 2 is 1.83 bits per heavy atom. The second-order valence-corrected chi connectivity index (χ2v) is 5.96. The van der Waals surface area contributed by atoms with Crippen LogP contribution in [0.3, 0.4) is 0 Å². The van der Waals surface area contributed by atoms with Crippen molar-refractivity contribution < 1.29 is 9.53 Å². The number of halogens is 2. The van der Waals surface area contributed by atoms with Gasteiger partial charge in [-0.3, -0.25) is 0 Å². The van der Waals surface area contributed by atoms with Gasteiger partial charge >= 0.3 is 6.03 Å². The van der Waals surface area contributed by atoms with E-state index < -0.39 is 0 Å². The van der Waals surface area contributed by atoms with E-state index in [1.165, 1.54) is 5.56 Å². The second-order valence-electron chi connectivity index (χ2n) is 5.09. The van der Waals surface area contributed by atoms with Crippen LogP contribution >= 0.6 is 23.2 Å². The fourth-order valence-corrected chi connectivity index (χ4v) is 2.53. The molecule has 122 valence electrons. The lowest BCUT2D eigenvalue weighted by Gasteiger charge is -2.12. The molecule has 0 spiro atoms. The molecule has 0 radical (unpaired) electrons. The van der Waals surface area contributed by atoms with Gasteiger partial charge in [0, 0.05) is 15.7 Å². The van der Waals surface area contributed by atoms with Gasteiger partial charge in [-0.25, -0.2) is 4.79 Å². The predicted molar refractivity (Wildman–Crippen MR) is 94.9 cm³/mol. The maximum absolute atomic E-state index is 11.8. The standard InChI is InChI=1S/C17H18Cl2N2O2/c1-11-4-3-5-16(12(11)2)23-7-6-20-17(22)21-15-9-13(18)8-14(19)10-15/h3-5,8-10H,6-7H2,1-2H3,(H2,20,21,22). The molecule has 0 aliphatic rings. The van der Waals surface area contributed by atoms with Crippen LogP contribution in [0.1, 0.15) is 11.1 Å². The Hall–Kier alpha value is -1.91. The van der Waals surface area contributed by atoms with Gasteiger partial charge in [0.25, 0.3) is 0 Å². The molecule has 0 aliphatic carbocycles. The summed E-state index contributed by atoms with van der Waals surface area (Å²) in [5.41, 5.74) is 2.81. The van der Waals surface area contributed by atoms with Crippen molar-refractivity contribution in [3.63, 3.8) is 0 Å². The first-order valence-electron chi connectivity index (χ1n) is 7.15. The van der Waals surface area contributed by atoms with Gasteiger partial charge in [0.2, 0.25) is 0 Å². The summed E-state index contributed by atoms with van der Waals surface area (Å²) in [7, 11) is 0. The zero-order valence-corrected chi connectivity index (χ0v) is 14.5. The average Bonchev–Trinajstić information content (AvgIpc) is 2.46. The molecular formula is C17H18Cl2N2O2. The van der Waals surface area contributed by atoms with Crippen LogP contribution in [0.2, 0.25) is 10.0 Å². The van der Waals surface area contributed by atoms with Crippen LogP contribution in [0.25, 0.3) is 0 Å². The van der Waals surface area contributed by atoms with E-state index >= 15 is 0 Å². The number of carbonyl (C=O) groups is 1. The number of hydrogen-bond acceptors (Lipinski definition) is 2. The van der Waals surface area contributed by atoms with Gasteiger partial charge < -0.3 is 15.4 Å². The highest BCUT2D eigenvalue weighted by Gasteiger charge is 2.05. The Morgan fingerprint density at radius 1 is 1.13 bits per heavy atom. The van der Waals surface area contributed by atoms with Gasteiger partial charge in [0.15, 0.2) is 0 Å². The molecule has 2 amide bonds. The first-order chi connectivity index (χ1) is 11.0. The quantitative estimate of drug-likeness (QED) is 0.758. The minimum Gasteiger partial charge on any atom is -0.491 e. The van der Waals surface area contributed by atoms with Crippen molar-refractivity contribution in [2.24, 2.45) is 0 Å². The van der Waals surface area contributed by atoms with E-state index in [0.717, 1.165) is 11.3 Å². The number of nitrogens with one attached hydrogen (secondary N) is 2. The van der Waals surface area contributed by atoms with Gasteiger partial charge in [-0.2, -0.15) is 0 Å². The van der Waals surface area contributed by atoms with Crippen LogP contribution < -0.4 is 15.4 Å². The maximum Gasteiger partial charge on any atom is 0.319 e. The predicted octanol–water partition coefficient (Wildman–Crippen LogP) is 4.81. The summed E-state index contributed by atoms with van der Waals surface area (Å²) in [6.45, 7) is 4.80. The number of urea groups is 1. The lowest BCUT2D eigenvalue weighted by molar-refractivity contribution is 0.247. The van der Waals surface area contributed by atoms with Crippen LogP contribution in [0, 0.1) is 13.8 Å². The van der Waals surface area contributed by atoms with E-state index in [0.29, 0.717) is 28.9 Å². The fraction of sp³-hybridized carbons (Fsp3) is 0.235. The highest BCUT2D eigenvalue weighted by atomic mass is 35.5. The molecule has 0 atom stereocenters. The van der Waals surface area contributed by atoms with Gasteiger partial charge in [0.05, 0.1) is 6.54 Å². The molecule has 6 heteroatoms. The molecule has 0 bridgehead atoms. The first-order valence-corrected chi connectivity index (χ1v) is 7.91. The topological polar surface area (TPSA) is 50.4 Å². The monoisotopic (exact) mass is 352 g/mol. The molecule has 0 unspecified atom stereocenters. The van der Waals surface area contributed by atoms with E-state index in [9.17, 15) is 4.79 Å². The molecule has 0 saturated carbocycles. The molecule has 2 N–H and O–H groups in total. The smallest absolute Gasteiger partial charge is 0.319 e. The summed E-state index contributed by atoms with van der Waals surface area (Å²) in [5.74, 6) is 0.828. The molecule has 4 nitrogen and oxygen atoms in total. The molecule has 0 aromatic heterocycles. The Bertz CT molecular complexity index is 685. The van der Waals surface area contributed by atoms with E-state index in [1.807, 2.05) is 32.0 Å². The number of benzene rings is 2. The molecule has 2 aromatic rings. The zero-order valence-electron chi connectivity index (χ0n) is 13.0. The van der Waals surface area contributed by atoms with Crippen molar-refractivity contribution >= 4 is 34.9 Å². The van der Waals surface area contributed by atoms with E-state index in [-0.39, 0.29) is 6.03 Å². The van der Waals surface area contributed by atoms with E-state index in [4.69, 9.17) is 27.9 Å². The van der Waals surface area contributed by atoms with Crippen LogP contribution in [-0.4, -0.2) is 19.2 Å². The van der Waals surface area contributed by atoms with Gasteiger partial charge in [0.1, 0.15) is 12.4 Å². The van der Waals surface area contributed by atoms with Gasteiger partial charge in [-0.15, -0.1) is 0 Å². The molecule has 0 fully saturated rings. The van der Waals surface area contributed by atoms with E-state index in [1.54, 1.807) is 18.2 Å². The van der Waals surface area contributed by atoms with Crippen LogP contribution in [0.5, 0.6) is 5.75 Å². The lowest BCUT2D eigenvalue weighted by atomic mass is 10.1. The second kappa shape index (κ2) is 8.09. The SMILES string of the molecule is Cc1cccc(OCCNC(=O)Nc2cc(Cl)cc(Cl)c2)c1C. The van der Waals surface area contributed by atoms with Crippen LogP contribution in [0.4, 0.5) is 10.5 Å². The molecule has 0 heterocycles. The van der Waals surface area contributed by atoms with Crippen molar-refractivity contribution in [2.45, 2.75) is 13.8 Å². The van der Waals surface area contributed by atoms with E-state index in [2.05, 4.69) is 10.6 Å². The van der Waals surface area contributed by atoms with Gasteiger partial charge in [-0.05, 0) is 49.2 Å². The molecule has 2 aromatic carbocycles. The Balaban J connectivity index is 1.77. The highest BCUT2D eigenvalue weighted by Crippen LogP contribution is 2.22. The Kier molecular flexibility index (Phi) is 6.13. The number of hydrogen-bond donors (Lipinski definition) is 2. The number of ether oxygens (including phenoxy) is 1. The number of rotatable bonds is 5. The number of aryl methyl sites for hydroxylation is 1. The third kappa shape index (κ3) is 5.34. The minimum absolute atomic E-state index is 0.340. The van der Waals surface area contributed by atoms with Crippen molar-refractivity contribution in [1.29, 1.82) is 0 Å². The molecule has 0 aliphatic heterocycles. The normalized spacial score (nSPS) is 10.3. The summed E-state index contributed by atoms with van der Waals surface area (Å²) in [6, 6.07) is 10.4. The average molecular weight is 353 g/mol. The number of amides is 2. The van der Waals surface area contributed by atoms with Crippen molar-refractivity contribution in [3.8, 4) is 5.75 Å². The van der Waals surface area contributed by atoms with Crippen molar-refractivity contribution in [3.05, 3.63) is 57.6 Å². The van der Waals surface area contributed by atoms with Crippen molar-refractivity contribution in [1.82, 2.24) is 5.32 Å². The fourth-order valence-electron chi connectivity index (χ4n) is 2.01. The summed E-state index contributed by atoms with van der Waals surface area (Å²) in [5, 5.41) is 6.31. The Labute approximate surface area is 145 Å². The molecular weight excluding hydrogens is 335 g/mol. The third-order valence-corrected chi connectivity index (χ3v) is 3.76. The van der Waals surface area contributed by atoms with Crippen LogP contribution in [-0.2, 0) is 0 Å². The summed E-state index contributed by atoms with van der Waals surface area (Å²) >= 11 is 11.8. The summed E-state index contributed by atoms with van der Waals surface area (Å²) in [6.07, 6.45) is 0. The minimum atomic E-state index is -0.340. The summed E-state index contributed by atoms with van der Waals surface area (Å²) in [4.78, 5) is 11.8. The van der Waals surface area contributed by atoms with Gasteiger partial charge in [-0.1, -0.05) is 35.3 Å². The Morgan fingerprint density at radius 3 is 2.52 bits per heavy atom. The highest BCUT2D eigenvalue weighted by molar-refractivity contribution is 6.35. The maximum atomic E-state index is 11.8. The number of carbonyl (C=O) groups excluding carboxylic acids is 1. The first kappa shape index (κ1) is 17.4. The molecule has 2 rings (SSSR count). The molecule has 0 saturated heterocycles. The number of anilines is 1. The largest absolute Gasteiger partial charge is 0.491 e. The van der Waals surface area contributed by atoms with Crippen LogP contribution in [0.15, 0.2) is 36.4 Å². The third-order valence-electron chi connectivity index (χ3n) is 3.32.